The molecule has 0 aromatic heterocycles. The van der Waals surface area contributed by atoms with E-state index < -0.39 is 11.9 Å². The van der Waals surface area contributed by atoms with Gasteiger partial charge in [0.2, 0.25) is 0 Å². The van der Waals surface area contributed by atoms with Crippen LogP contribution in [0.15, 0.2) is 360 Å². The number of para-hydroxylation sites is 1. The van der Waals surface area contributed by atoms with Crippen molar-refractivity contribution in [3.63, 3.8) is 0 Å². The molecule has 0 heterocycles. The predicted octanol–water partition coefficient (Wildman–Crippen LogP) is 15.4. The Kier molecular flexibility index (Phi) is 23.7. The zero-order valence-corrected chi connectivity index (χ0v) is 49.8. The number of carbonyl (C=O) groups is 2. The zero-order valence-electron chi connectivity index (χ0n) is 45.2. The lowest BCUT2D eigenvalue weighted by molar-refractivity contribution is -0.272. The van der Waals surface area contributed by atoms with Gasteiger partial charge in [-0.2, -0.15) is 0 Å². The summed E-state index contributed by atoms with van der Waals surface area (Å²) in [5, 5.41) is 32.9. The Morgan fingerprint density at radius 2 is 0.531 bits per heavy atom. The van der Waals surface area contributed by atoms with Crippen molar-refractivity contribution >= 4 is 67.2 Å². The second-order valence-electron chi connectivity index (χ2n) is 18.8. The molecule has 0 radical (unpaired) electrons. The molecule has 9 heteroatoms. The molecule has 0 unspecified atom stereocenters. The van der Waals surface area contributed by atoms with E-state index in [1.807, 2.05) is 60.7 Å². The van der Waals surface area contributed by atoms with Gasteiger partial charge in [0.15, 0.2) is 44.1 Å². The molecule has 11 aromatic carbocycles. The summed E-state index contributed by atoms with van der Waals surface area (Å²) in [6.45, 7) is 6.25. The molecular weight excluding hydrogens is 1170 g/mol. The highest BCUT2D eigenvalue weighted by molar-refractivity contribution is 14.1. The first kappa shape index (κ1) is 60.6. The highest BCUT2D eigenvalue weighted by atomic mass is 127. The molecular formula is C72H61IO5S3. The molecule has 0 amide bonds. The largest absolute Gasteiger partial charge is 0.869 e. The number of hydrogen-bond acceptors (Lipinski definition) is 5. The zero-order chi connectivity index (χ0) is 57.2. The van der Waals surface area contributed by atoms with Crippen LogP contribution in [0.4, 0.5) is 0 Å². The van der Waals surface area contributed by atoms with Crippen LogP contribution in [0.25, 0.3) is 0 Å². The Morgan fingerprint density at radius 1 is 0.309 bits per heavy atom. The lowest BCUT2D eigenvalue weighted by Gasteiger charge is -2.19. The monoisotopic (exact) mass is 1230 g/mol. The maximum absolute atomic E-state index is 12.2. The fourth-order valence-electron chi connectivity index (χ4n) is 7.97. The smallest absolute Gasteiger partial charge is 0.166 e. The lowest BCUT2D eigenvalue weighted by atomic mass is 9.87. The summed E-state index contributed by atoms with van der Waals surface area (Å²) in [4.78, 5) is 32.0. The summed E-state index contributed by atoms with van der Waals surface area (Å²) >= 11 is 2.11. The van der Waals surface area contributed by atoms with Gasteiger partial charge in [0.1, 0.15) is 0 Å². The van der Waals surface area contributed by atoms with Crippen molar-refractivity contribution in [2.24, 2.45) is 0 Å². The number of carbonyl (C=O) groups excluding carboxylic acids is 2. The Morgan fingerprint density at radius 3 is 0.765 bits per heavy atom. The van der Waals surface area contributed by atoms with Crippen molar-refractivity contribution < 1.29 is 24.9 Å². The van der Waals surface area contributed by atoms with Crippen molar-refractivity contribution in [3.05, 3.63) is 336 Å². The van der Waals surface area contributed by atoms with Crippen molar-refractivity contribution in [3.8, 4) is 5.75 Å². The van der Waals surface area contributed by atoms with Crippen LogP contribution in [-0.2, 0) is 38.1 Å². The van der Waals surface area contributed by atoms with E-state index in [4.69, 9.17) is 0 Å². The van der Waals surface area contributed by atoms with E-state index in [9.17, 15) is 24.9 Å². The number of hydrogen-bond donors (Lipinski definition) is 0. The summed E-state index contributed by atoms with van der Waals surface area (Å²) < 4.78 is 1.02. The summed E-state index contributed by atoms with van der Waals surface area (Å²) in [7, 11) is -0.368. The maximum atomic E-state index is 12.2. The van der Waals surface area contributed by atoms with E-state index >= 15 is 0 Å². The Balaban J connectivity index is 0.000000149. The van der Waals surface area contributed by atoms with E-state index in [0.29, 0.717) is 0 Å². The lowest BCUT2D eigenvalue weighted by Crippen LogP contribution is -2.22. The van der Waals surface area contributed by atoms with Crippen molar-refractivity contribution in [1.82, 2.24) is 0 Å². The molecule has 0 saturated heterocycles. The standard InChI is InChI=1S/C18H14OS.2C18H15S.C11H14O2.C7H5IO2/c19-17-13-7-8-14-18(17)20(15-9-3-1-4-10-15)16-11-5-2-6-12-16;2*1-4-10-16(11-5-1)19(17-12-6-2-7-13-17)18-14-8-3-9-15-18;1-11(2,3)9-6-4-8(5-7-9)10(12)13;8-6-3-1-5(2-4-6)7(9)10/h1-14H;2*1-15H;4-7H,1-3H3,(H,12,13);1-4H,(H,9,10)/q;2*+1;;/p-2. The van der Waals surface area contributed by atoms with Crippen LogP contribution in [0.2, 0.25) is 0 Å². The number of halogens is 1. The van der Waals surface area contributed by atoms with Crippen molar-refractivity contribution in [2.75, 3.05) is 0 Å². The van der Waals surface area contributed by atoms with Crippen LogP contribution >= 0.6 is 22.6 Å². The van der Waals surface area contributed by atoms with E-state index in [0.717, 1.165) is 14.0 Å². The third-order valence-electron chi connectivity index (χ3n) is 12.0. The molecule has 404 valence electrons. The van der Waals surface area contributed by atoms with E-state index in [2.05, 4.69) is 250 Å². The number of aromatic carboxylic acids is 2. The number of rotatable bonds is 11. The highest BCUT2D eigenvalue weighted by Gasteiger charge is 2.30. The summed E-state index contributed by atoms with van der Waals surface area (Å²) in [6, 6.07) is 105. The van der Waals surface area contributed by atoms with Gasteiger partial charge < -0.3 is 24.9 Å². The molecule has 0 bridgehead atoms. The first-order chi connectivity index (χ1) is 39.4. The average molecular weight is 1230 g/mol. The minimum Gasteiger partial charge on any atom is -0.869 e. The molecule has 0 saturated carbocycles. The molecule has 0 N–H and O–H groups in total. The number of carboxylic acids is 2. The Hall–Kier alpha value is -8.06. The molecule has 5 nitrogen and oxygen atoms in total. The van der Waals surface area contributed by atoms with Crippen LogP contribution < -0.4 is 15.3 Å². The quantitative estimate of drug-likeness (QED) is 0.0948. The molecule has 0 atom stereocenters. The van der Waals surface area contributed by atoms with E-state index in [1.165, 1.54) is 51.3 Å². The predicted molar refractivity (Wildman–Crippen MR) is 337 cm³/mol. The second-order valence-corrected chi connectivity index (χ2v) is 26.1. The first-order valence-corrected chi connectivity index (χ1v) is 30.8. The third kappa shape index (κ3) is 18.8. The van der Waals surface area contributed by atoms with Gasteiger partial charge in [-0.1, -0.05) is 227 Å². The highest BCUT2D eigenvalue weighted by Crippen LogP contribution is 2.35. The van der Waals surface area contributed by atoms with Gasteiger partial charge in [0.25, 0.3) is 0 Å². The fraction of sp³-hybridized carbons (Fsp3) is 0.0556. The molecule has 11 rings (SSSR count). The molecule has 0 aliphatic heterocycles. The molecule has 0 fully saturated rings. The maximum Gasteiger partial charge on any atom is 0.166 e. The number of carboxylic acid groups (broad SMARTS) is 2. The fourth-order valence-corrected chi connectivity index (χ4v) is 14.7. The second kappa shape index (κ2) is 31.7. The van der Waals surface area contributed by atoms with Crippen LogP contribution in [0.1, 0.15) is 47.1 Å². The van der Waals surface area contributed by atoms with Crippen LogP contribution in [-0.4, -0.2) is 11.9 Å². The molecule has 0 aliphatic carbocycles. The van der Waals surface area contributed by atoms with Gasteiger partial charge in [0.05, 0.1) is 44.6 Å². The normalized spacial score (nSPS) is 10.6. The first-order valence-electron chi connectivity index (χ1n) is 26.1. The van der Waals surface area contributed by atoms with Gasteiger partial charge in [0, 0.05) is 3.57 Å². The van der Waals surface area contributed by atoms with Crippen LogP contribution in [0, 0.1) is 3.57 Å². The summed E-state index contributed by atoms with van der Waals surface area (Å²) in [5.41, 5.74) is 1.63. The summed E-state index contributed by atoms with van der Waals surface area (Å²) in [5.74, 6) is -2.15. The Bertz CT molecular complexity index is 3220. The van der Waals surface area contributed by atoms with Gasteiger partial charge in [-0.15, -0.1) is 0 Å². The van der Waals surface area contributed by atoms with Crippen LogP contribution in [0.3, 0.4) is 0 Å². The SMILES string of the molecule is CC(C)(C)c1ccc(C(=O)[O-])cc1.O=C([O-])c1ccc(I)cc1.[O-]c1ccccc1[S+](c1ccccc1)c1ccccc1.c1ccc([S+](c2ccccc2)c2ccccc2)cc1.c1ccc([S+](c2ccccc2)c2ccccc2)cc1. The van der Waals surface area contributed by atoms with Crippen molar-refractivity contribution in [2.45, 2.75) is 70.2 Å². The van der Waals surface area contributed by atoms with E-state index in [-0.39, 0.29) is 55.0 Å². The van der Waals surface area contributed by atoms with Gasteiger partial charge in [-0.05, 0) is 160 Å². The van der Waals surface area contributed by atoms with Gasteiger partial charge in [-0.25, -0.2) is 0 Å². The average Bonchev–Trinajstić information content (AvgIpc) is 3.57. The van der Waals surface area contributed by atoms with Crippen LogP contribution in [0.5, 0.6) is 5.75 Å². The van der Waals surface area contributed by atoms with Gasteiger partial charge in [-0.3, -0.25) is 0 Å². The van der Waals surface area contributed by atoms with E-state index in [1.54, 1.807) is 36.4 Å². The molecule has 0 aliphatic rings. The number of benzene rings is 11. The molecule has 0 spiro atoms. The molecule has 81 heavy (non-hydrogen) atoms. The minimum atomic E-state index is -1.13. The van der Waals surface area contributed by atoms with Gasteiger partial charge >= 0.3 is 0 Å². The van der Waals surface area contributed by atoms with Crippen molar-refractivity contribution in [1.29, 1.82) is 0 Å². The summed E-state index contributed by atoms with van der Waals surface area (Å²) in [6.07, 6.45) is 0. The third-order valence-corrected chi connectivity index (χ3v) is 19.4. The molecule has 11 aromatic rings. The Labute approximate surface area is 499 Å². The minimum absolute atomic E-state index is 0.0146. The topological polar surface area (TPSA) is 103 Å².